The zero-order valence-corrected chi connectivity index (χ0v) is 13.3. The highest BCUT2D eigenvalue weighted by molar-refractivity contribution is 6.75. The maximum absolute atomic E-state index is 10.9. The third kappa shape index (κ3) is 15.5. The topological polar surface area (TPSA) is 107 Å². The zero-order chi connectivity index (χ0) is 16.2. The van der Waals surface area contributed by atoms with Crippen LogP contribution < -0.4 is 5.73 Å². The number of esters is 1. The Bertz CT molecular complexity index is 318. The molecule has 0 saturated carbocycles. The molecule has 0 bridgehead atoms. The molecule has 0 aromatic heterocycles. The van der Waals surface area contributed by atoms with Gasteiger partial charge in [0.2, 0.25) is 0 Å². The fourth-order valence-corrected chi connectivity index (χ4v) is 0.746. The lowest BCUT2D eigenvalue weighted by Gasteiger charge is -2.02. The molecule has 0 amide bonds. The number of unbranched alkanes of at least 4 members (excludes halogenated alkanes) is 1. The largest absolute Gasteiger partial charge is 0.478 e. The number of rotatable bonds is 7. The van der Waals surface area contributed by atoms with E-state index in [0.717, 1.165) is 12.8 Å². The summed E-state index contributed by atoms with van der Waals surface area (Å²) in [5, 5.41) is 7.85. The van der Waals surface area contributed by atoms with Crippen molar-refractivity contribution in [3.63, 3.8) is 0 Å². The van der Waals surface area contributed by atoms with Gasteiger partial charge in [-0.3, -0.25) is 9.59 Å². The summed E-state index contributed by atoms with van der Waals surface area (Å²) in [6.07, 6.45) is 2.22. The Balaban J connectivity index is 0. The van der Waals surface area contributed by atoms with Crippen molar-refractivity contribution in [3.8, 4) is 0 Å². The van der Waals surface area contributed by atoms with Gasteiger partial charge < -0.3 is 15.6 Å². The van der Waals surface area contributed by atoms with Gasteiger partial charge in [0, 0.05) is 6.42 Å². The predicted molar refractivity (Wildman–Crippen MR) is 77.1 cm³/mol. The van der Waals surface area contributed by atoms with Gasteiger partial charge in [0.15, 0.2) is 0 Å². The first kappa shape index (κ1) is 21.7. The molecule has 0 aromatic rings. The van der Waals surface area contributed by atoms with E-state index < -0.39 is 9.76 Å². The predicted octanol–water partition coefficient (Wildman–Crippen LogP) is 2.08. The molecule has 0 heterocycles. The van der Waals surface area contributed by atoms with Crippen LogP contribution >= 0.6 is 34.8 Å². The summed E-state index contributed by atoms with van der Waals surface area (Å²) in [6, 6.07) is 0. The Labute approximate surface area is 132 Å². The van der Waals surface area contributed by atoms with E-state index in [9.17, 15) is 14.4 Å². The number of ketones is 1. The van der Waals surface area contributed by atoms with E-state index in [-0.39, 0.29) is 31.1 Å². The van der Waals surface area contributed by atoms with Crippen LogP contribution in [0.3, 0.4) is 0 Å². The molecule has 0 radical (unpaired) electrons. The summed E-state index contributed by atoms with van der Waals surface area (Å²) >= 11 is 14.4. The number of alkyl halides is 3. The van der Waals surface area contributed by atoms with Gasteiger partial charge in [-0.15, -0.1) is 0 Å². The summed E-state index contributed by atoms with van der Waals surface area (Å²) in [5.74, 6) is -1.87. The molecule has 6 nitrogen and oxygen atoms in total. The van der Waals surface area contributed by atoms with E-state index in [2.05, 4.69) is 0 Å². The second-order valence-electron chi connectivity index (χ2n) is 3.62. The van der Waals surface area contributed by atoms with Crippen molar-refractivity contribution < 1.29 is 24.2 Å². The maximum Gasteiger partial charge on any atom is 0.356 e. The number of carbonyl (C=O) groups is 3. The second kappa shape index (κ2) is 12.2. The van der Waals surface area contributed by atoms with Gasteiger partial charge >= 0.3 is 11.9 Å². The van der Waals surface area contributed by atoms with E-state index in [1.807, 2.05) is 6.92 Å². The molecule has 0 rings (SSSR count). The van der Waals surface area contributed by atoms with Crippen LogP contribution in [0.25, 0.3) is 0 Å². The average molecular weight is 351 g/mol. The molecule has 3 N–H and O–H groups in total. The number of ether oxygens (including phenoxy) is 1. The van der Waals surface area contributed by atoms with Crippen LogP contribution in [0, 0.1) is 0 Å². The third-order valence-corrected chi connectivity index (χ3v) is 2.32. The minimum absolute atomic E-state index is 0.00222. The number of aliphatic carboxylic acids is 1. The van der Waals surface area contributed by atoms with Gasteiger partial charge in [0.1, 0.15) is 5.78 Å². The van der Waals surface area contributed by atoms with Gasteiger partial charge in [-0.2, -0.15) is 0 Å². The number of carbonyl (C=O) groups excluding carboxylic acids is 2. The minimum Gasteiger partial charge on any atom is -0.478 e. The first-order valence-electron chi connectivity index (χ1n) is 5.82. The Morgan fingerprint density at radius 3 is 2.05 bits per heavy atom. The second-order valence-corrected chi connectivity index (χ2v) is 5.90. The number of halogens is 3. The van der Waals surface area contributed by atoms with Crippen LogP contribution in [-0.4, -0.2) is 39.8 Å². The van der Waals surface area contributed by atoms with Crippen LogP contribution in [0.2, 0.25) is 0 Å². The lowest BCUT2D eigenvalue weighted by atomic mass is 10.2. The quantitative estimate of drug-likeness (QED) is 0.413. The summed E-state index contributed by atoms with van der Waals surface area (Å²) in [7, 11) is 0. The van der Waals surface area contributed by atoms with Gasteiger partial charge in [-0.25, -0.2) is 4.79 Å². The molecule has 0 saturated heterocycles. The van der Waals surface area contributed by atoms with Crippen LogP contribution in [0.15, 0.2) is 0 Å². The van der Waals surface area contributed by atoms with Crippen molar-refractivity contribution in [2.45, 2.75) is 36.4 Å². The summed E-state index contributed by atoms with van der Waals surface area (Å²) < 4.78 is 2.68. The van der Waals surface area contributed by atoms with Crippen LogP contribution in [0.1, 0.15) is 32.6 Å². The molecule has 0 unspecified atom stereocenters. The van der Waals surface area contributed by atoms with Crippen molar-refractivity contribution in [1.29, 1.82) is 0 Å². The molecule has 0 aromatic carbocycles. The molecular formula is C11H18Cl3NO5. The lowest BCUT2D eigenvalue weighted by Crippen LogP contribution is -2.16. The van der Waals surface area contributed by atoms with Gasteiger partial charge in [-0.05, 0) is 6.42 Å². The number of Topliss-reactive ketones (excluding diaryl/α,β-unsaturated/α-hetero) is 1. The molecule has 118 valence electrons. The number of hydrogen-bond donors (Lipinski definition) is 2. The number of hydrogen-bond acceptors (Lipinski definition) is 5. The monoisotopic (exact) mass is 349 g/mol. The van der Waals surface area contributed by atoms with Crippen molar-refractivity contribution in [3.05, 3.63) is 0 Å². The molecule has 0 fully saturated rings. The highest BCUT2D eigenvalue weighted by Crippen LogP contribution is 2.25. The van der Waals surface area contributed by atoms with Crippen molar-refractivity contribution in [1.82, 2.24) is 0 Å². The molecule has 20 heavy (non-hydrogen) atoms. The van der Waals surface area contributed by atoms with Gasteiger partial charge in [0.05, 0.1) is 19.6 Å². The number of carboxylic acid groups (broad SMARTS) is 1. The highest BCUT2D eigenvalue weighted by atomic mass is 35.6. The van der Waals surface area contributed by atoms with Crippen molar-refractivity contribution >= 4 is 52.5 Å². The summed E-state index contributed by atoms with van der Waals surface area (Å²) in [4.78, 5) is 31.3. The van der Waals surface area contributed by atoms with Crippen molar-refractivity contribution in [2.24, 2.45) is 5.73 Å². The molecule has 0 atom stereocenters. The Kier molecular flexibility index (Phi) is 13.3. The van der Waals surface area contributed by atoms with Crippen LogP contribution in [-0.2, 0) is 19.1 Å². The summed E-state index contributed by atoms with van der Waals surface area (Å²) in [5.41, 5.74) is 5.08. The van der Waals surface area contributed by atoms with E-state index in [4.69, 9.17) is 50.4 Å². The standard InChI is InChI=1S/C9H17NO3.C2HCl3O2/c1-2-3-6-13-9(12)5-4-8(11)7-10;3-2(4,5)1(6)7/h2-7,10H2,1H3;(H,6,7). The first-order valence-corrected chi connectivity index (χ1v) is 6.96. The molecular weight excluding hydrogens is 332 g/mol. The van der Waals surface area contributed by atoms with E-state index in [1.165, 1.54) is 0 Å². The van der Waals surface area contributed by atoms with Gasteiger partial charge in [0.25, 0.3) is 3.79 Å². The van der Waals surface area contributed by atoms with E-state index in [0.29, 0.717) is 6.61 Å². The molecule has 9 heteroatoms. The molecule has 0 spiro atoms. The fourth-order valence-electron chi connectivity index (χ4n) is 0.746. The van der Waals surface area contributed by atoms with Crippen LogP contribution in [0.4, 0.5) is 0 Å². The normalized spacial score (nSPS) is 10.2. The Morgan fingerprint density at radius 2 is 1.70 bits per heavy atom. The molecule has 0 aliphatic carbocycles. The third-order valence-electron chi connectivity index (χ3n) is 1.84. The minimum atomic E-state index is -2.17. The number of carboxylic acids is 1. The van der Waals surface area contributed by atoms with Gasteiger partial charge in [-0.1, -0.05) is 48.1 Å². The first-order chi connectivity index (χ1) is 9.15. The van der Waals surface area contributed by atoms with Crippen LogP contribution in [0.5, 0.6) is 0 Å². The lowest BCUT2D eigenvalue weighted by molar-refractivity contribution is -0.144. The fraction of sp³-hybridized carbons (Fsp3) is 0.727. The van der Waals surface area contributed by atoms with E-state index >= 15 is 0 Å². The average Bonchev–Trinajstić information content (AvgIpc) is 2.35. The summed E-state index contributed by atoms with van der Waals surface area (Å²) in [6.45, 7) is 2.47. The van der Waals surface area contributed by atoms with Crippen molar-refractivity contribution in [2.75, 3.05) is 13.2 Å². The number of nitrogens with two attached hydrogens (primary N) is 1. The smallest absolute Gasteiger partial charge is 0.356 e. The Morgan fingerprint density at radius 1 is 1.20 bits per heavy atom. The maximum atomic E-state index is 10.9. The highest BCUT2D eigenvalue weighted by Gasteiger charge is 2.29. The molecule has 0 aliphatic rings. The zero-order valence-electron chi connectivity index (χ0n) is 11.0. The molecule has 0 aliphatic heterocycles. The SMILES string of the molecule is CCCCOC(=O)CCC(=O)CN.O=C(O)C(Cl)(Cl)Cl. The Hall–Kier alpha value is -0.560. The van der Waals surface area contributed by atoms with E-state index in [1.54, 1.807) is 0 Å².